The van der Waals surface area contributed by atoms with Gasteiger partial charge >= 0.3 is 5.97 Å². The molecule has 4 atom stereocenters. The van der Waals surface area contributed by atoms with E-state index in [1.54, 1.807) is 70.9 Å². The van der Waals surface area contributed by atoms with Crippen LogP contribution in [0.5, 0.6) is 0 Å². The third-order valence-corrected chi connectivity index (χ3v) is 18.8. The van der Waals surface area contributed by atoms with Gasteiger partial charge in [0.15, 0.2) is 5.78 Å². The Morgan fingerprint density at radius 3 is 2.26 bits per heavy atom. The molecule has 0 fully saturated rings. The summed E-state index contributed by atoms with van der Waals surface area (Å²) in [6, 6.07) is 10.2. The number of aliphatic hydroxyl groups is 1. The maximum atomic E-state index is 14.4. The molecule has 9 heterocycles. The Kier molecular flexibility index (Phi) is 18.1. The molecule has 9 aromatic rings. The highest BCUT2D eigenvalue weighted by Gasteiger charge is 2.33. The predicted octanol–water partition coefficient (Wildman–Crippen LogP) is 7.20. The fourth-order valence-electron chi connectivity index (χ4n) is 8.76. The molecule has 0 aliphatic carbocycles. The number of Topliss-reactive ketones (excluding diaryl/α,β-unsaturated/α-hetero) is 1. The van der Waals surface area contributed by atoms with Gasteiger partial charge in [0.05, 0.1) is 41.2 Å². The molecule has 0 unspecified atom stereocenters. The van der Waals surface area contributed by atoms with E-state index in [1.807, 2.05) is 13.8 Å². The Bertz CT molecular complexity index is 3950. The number of aliphatic carboxylic acids is 1. The van der Waals surface area contributed by atoms with Gasteiger partial charge in [-0.2, -0.15) is 0 Å². The summed E-state index contributed by atoms with van der Waals surface area (Å²) in [4.78, 5) is 132. The number of thiazole rings is 6. The van der Waals surface area contributed by atoms with Crippen LogP contribution < -0.4 is 26.6 Å². The average molecular weight is 1250 g/mol. The number of amides is 5. The number of carbonyl (C=O) groups is 7. The van der Waals surface area contributed by atoms with Gasteiger partial charge in [0.2, 0.25) is 11.8 Å². The van der Waals surface area contributed by atoms with Crippen molar-refractivity contribution in [3.63, 3.8) is 0 Å². The Morgan fingerprint density at radius 2 is 1.50 bits per heavy atom. The number of aliphatic hydroxyl groups excluding tert-OH is 1. The molecule has 0 radical (unpaired) electrons. The summed E-state index contributed by atoms with van der Waals surface area (Å²) >= 11 is 7.27. The van der Waals surface area contributed by atoms with Gasteiger partial charge in [-0.3, -0.25) is 38.1 Å². The van der Waals surface area contributed by atoms with E-state index >= 15 is 0 Å². The van der Waals surface area contributed by atoms with E-state index in [0.29, 0.717) is 79.5 Å². The molecule has 0 saturated heterocycles. The summed E-state index contributed by atoms with van der Waals surface area (Å²) in [6.45, 7) is 4.56. The fourth-order valence-corrected chi connectivity index (χ4v) is 14.4. The fraction of sp³-hybridized carbons (Fsp3) is 0.278. The number of hydrogen-bond donors (Lipinski definition) is 7. The third kappa shape index (κ3) is 13.1. The highest BCUT2D eigenvalue weighted by atomic mass is 32.1. The van der Waals surface area contributed by atoms with E-state index in [0.717, 1.165) is 0 Å². The lowest BCUT2D eigenvalue weighted by Crippen LogP contribution is -2.40. The van der Waals surface area contributed by atoms with Gasteiger partial charge in [0.25, 0.3) is 17.7 Å². The van der Waals surface area contributed by atoms with Crippen molar-refractivity contribution in [2.45, 2.75) is 64.3 Å². The van der Waals surface area contributed by atoms with Crippen molar-refractivity contribution in [3.05, 3.63) is 130 Å². The highest BCUT2D eigenvalue weighted by Crippen LogP contribution is 2.41. The number of benzene rings is 1. The van der Waals surface area contributed by atoms with Crippen LogP contribution in [0.3, 0.4) is 0 Å². The number of ether oxygens (including phenoxy) is 1. The lowest BCUT2D eigenvalue weighted by atomic mass is 9.90. The predicted molar refractivity (Wildman–Crippen MR) is 315 cm³/mol. The number of ketones is 1. The standard InChI is InChI=1S/C54H50N14O10S6/c1-24(2)28-13-35(69)41-25(3)83-53(66-41)30(14-38(70)55-4)60-47(76)33-20-79-49(62-33)27-11-12-29(51-64-37(22-82-51)68-17-31(58-23-68)46(75)57-16-40(72)73)59-42(27)32-19-80-52(61-32)34-21-81-54(63-34)44(45(74)26-9-7-6-8-10-26)65-39(71)15-56-48(77)43-36(18-78-5)84-50(28)67-43/h6-12,17,19-24,28,30,44-45,74H,13-16,18H2,1-5H3,(H,55,70)(H,56,77)(H,57,75)(H,60,76)(H,65,71)(H,72,73)/t28-,30+,44+,45+/m1/s1. The van der Waals surface area contributed by atoms with Crippen LogP contribution >= 0.6 is 68.0 Å². The quantitative estimate of drug-likeness (QED) is 0.0636. The molecule has 432 valence electrons. The second-order valence-electron chi connectivity index (χ2n) is 19.2. The van der Waals surface area contributed by atoms with E-state index in [-0.39, 0.29) is 53.9 Å². The smallest absolute Gasteiger partial charge is 0.322 e. The van der Waals surface area contributed by atoms with E-state index in [1.165, 1.54) is 99.3 Å². The molecule has 1 aromatic carbocycles. The van der Waals surface area contributed by atoms with Crippen LogP contribution in [0.1, 0.15) is 123 Å². The Morgan fingerprint density at radius 1 is 0.774 bits per heavy atom. The molecule has 0 saturated carbocycles. The lowest BCUT2D eigenvalue weighted by molar-refractivity contribution is -0.135. The van der Waals surface area contributed by atoms with Gasteiger partial charge in [-0.15, -0.1) is 68.0 Å². The van der Waals surface area contributed by atoms with E-state index in [2.05, 4.69) is 31.6 Å². The van der Waals surface area contributed by atoms with Crippen LogP contribution in [0.4, 0.5) is 0 Å². The van der Waals surface area contributed by atoms with Crippen molar-refractivity contribution >= 4 is 109 Å². The number of carbonyl (C=O) groups excluding carboxylic acids is 6. The molecule has 7 N–H and O–H groups in total. The van der Waals surface area contributed by atoms with Crippen molar-refractivity contribution in [2.24, 2.45) is 5.92 Å². The van der Waals surface area contributed by atoms with Crippen LogP contribution in [0.2, 0.25) is 0 Å². The number of imidazole rings is 1. The molecule has 84 heavy (non-hydrogen) atoms. The van der Waals surface area contributed by atoms with Crippen molar-refractivity contribution < 1.29 is 48.5 Å². The van der Waals surface area contributed by atoms with E-state index < -0.39 is 72.7 Å². The van der Waals surface area contributed by atoms with Gasteiger partial charge in [-0.05, 0) is 30.5 Å². The molecular formula is C54H50N14O10S6. The van der Waals surface area contributed by atoms with Crippen LogP contribution in [-0.4, -0.2) is 123 Å². The Balaban J connectivity index is 1.05. The van der Waals surface area contributed by atoms with Crippen LogP contribution in [0, 0.1) is 12.8 Å². The SMILES string of the molecule is CNC(=O)C[C@@H]1NC(=O)c2csc(n2)-c2ccc(-c3nc(-n4cnc(C(=O)NCC(=O)O)c4)cs3)nc2-c2csc(n2)-c2csc(n2)[C@H]([C@@H](O)c2ccccc2)NC(=O)CNC(=O)c2nc(sc2COC)[C@@H](C(C)C)CC(=O)c2nc1sc2C. The second kappa shape index (κ2) is 25.7. The summed E-state index contributed by atoms with van der Waals surface area (Å²) in [5.74, 6) is -4.70. The molecule has 1 aliphatic heterocycles. The first-order valence-electron chi connectivity index (χ1n) is 25.6. The number of aryl methyl sites for hydroxylation is 1. The van der Waals surface area contributed by atoms with Crippen molar-refractivity contribution in [2.75, 3.05) is 27.2 Å². The zero-order valence-electron chi connectivity index (χ0n) is 45.1. The van der Waals surface area contributed by atoms with Crippen molar-refractivity contribution in [1.82, 2.24) is 71.0 Å². The second-order valence-corrected chi connectivity index (χ2v) is 25.0. The molecule has 5 amide bonds. The third-order valence-electron chi connectivity index (χ3n) is 13.1. The van der Waals surface area contributed by atoms with Crippen LogP contribution in [-0.2, 0) is 25.7 Å². The Hall–Kier alpha value is -8.23. The van der Waals surface area contributed by atoms with Gasteiger partial charge in [-0.25, -0.2) is 39.9 Å². The summed E-state index contributed by atoms with van der Waals surface area (Å²) in [7, 11) is 2.96. The summed E-state index contributed by atoms with van der Waals surface area (Å²) < 4.78 is 6.98. The van der Waals surface area contributed by atoms with Gasteiger partial charge in [-0.1, -0.05) is 44.2 Å². The number of nitrogens with zero attached hydrogens (tertiary/aromatic N) is 9. The van der Waals surface area contributed by atoms with E-state index in [9.17, 15) is 38.7 Å². The topological polar surface area (TPSA) is 337 Å². The lowest BCUT2D eigenvalue weighted by Gasteiger charge is -2.23. The number of hydrogen-bond acceptors (Lipinski definition) is 23. The molecule has 1 aliphatic rings. The normalized spacial score (nSPS) is 16.3. The number of methoxy groups -OCH3 is 1. The van der Waals surface area contributed by atoms with Crippen LogP contribution in [0.15, 0.2) is 76.5 Å². The molecule has 30 heteroatoms. The maximum Gasteiger partial charge on any atom is 0.322 e. The zero-order valence-corrected chi connectivity index (χ0v) is 50.0. The van der Waals surface area contributed by atoms with Crippen LogP contribution in [0.25, 0.3) is 49.2 Å². The minimum absolute atomic E-state index is 0.0173. The first-order valence-corrected chi connectivity index (χ1v) is 30.8. The number of nitrogens with one attached hydrogen (secondary N) is 5. The van der Waals surface area contributed by atoms with Crippen molar-refractivity contribution in [1.29, 1.82) is 0 Å². The number of carboxylic acid groups (broad SMARTS) is 1. The summed E-state index contributed by atoms with van der Waals surface area (Å²) in [5.41, 5.74) is 2.81. The largest absolute Gasteiger partial charge is 0.480 e. The molecule has 24 nitrogen and oxygen atoms in total. The monoisotopic (exact) mass is 1250 g/mol. The highest BCUT2D eigenvalue weighted by molar-refractivity contribution is 7.15. The number of pyridine rings is 1. The molecular weight excluding hydrogens is 1200 g/mol. The number of fused-ring (bicyclic) bond motifs is 14. The molecule has 10 rings (SSSR count). The molecule has 10 bridgehead atoms. The minimum atomic E-state index is -1.28. The Labute approximate surface area is 502 Å². The minimum Gasteiger partial charge on any atom is -0.480 e. The summed E-state index contributed by atoms with van der Waals surface area (Å²) in [6.07, 6.45) is 1.27. The zero-order chi connectivity index (χ0) is 59.3. The molecule has 0 spiro atoms. The first-order chi connectivity index (χ1) is 40.4. The number of rotatable bonds is 12. The van der Waals surface area contributed by atoms with Gasteiger partial charge in [0.1, 0.15) is 95.7 Å². The molecule has 8 aromatic heterocycles. The first kappa shape index (κ1) is 58.9. The number of aromatic nitrogens is 9. The van der Waals surface area contributed by atoms with Crippen molar-refractivity contribution in [3.8, 4) is 49.2 Å². The van der Waals surface area contributed by atoms with Gasteiger partial charge in [0, 0.05) is 64.7 Å². The van der Waals surface area contributed by atoms with E-state index in [4.69, 9.17) is 44.7 Å². The number of carboxylic acids is 1. The maximum absolute atomic E-state index is 14.4. The van der Waals surface area contributed by atoms with Gasteiger partial charge < -0.3 is 41.5 Å². The summed E-state index contributed by atoms with van der Waals surface area (Å²) in [5, 5.41) is 43.7. The average Bonchev–Trinajstić information content (AvgIpc) is 4.56.